The van der Waals surface area contributed by atoms with Crippen LogP contribution in [-0.4, -0.2) is 19.7 Å². The summed E-state index contributed by atoms with van der Waals surface area (Å²) in [6, 6.07) is 18.2. The summed E-state index contributed by atoms with van der Waals surface area (Å²) >= 11 is 0. The highest BCUT2D eigenvalue weighted by atomic mass is 16.5. The van der Waals surface area contributed by atoms with Crippen LogP contribution in [0, 0.1) is 0 Å². The monoisotopic (exact) mass is 338 g/mol. The SMILES string of the molecule is CCC(NC(=O)NCC1(c2ccccc2)CC1)c1ccc(OC)cc1. The maximum Gasteiger partial charge on any atom is 0.315 e. The first-order valence-corrected chi connectivity index (χ1v) is 8.91. The predicted molar refractivity (Wildman–Crippen MR) is 99.9 cm³/mol. The van der Waals surface area contributed by atoms with Gasteiger partial charge in [-0.15, -0.1) is 0 Å². The van der Waals surface area contributed by atoms with E-state index in [-0.39, 0.29) is 17.5 Å². The maximum absolute atomic E-state index is 12.4. The van der Waals surface area contributed by atoms with E-state index in [1.165, 1.54) is 5.56 Å². The molecule has 4 heteroatoms. The van der Waals surface area contributed by atoms with Crippen molar-refractivity contribution in [3.05, 3.63) is 65.7 Å². The molecule has 1 unspecified atom stereocenters. The average Bonchev–Trinajstić information content (AvgIpc) is 3.46. The van der Waals surface area contributed by atoms with Crippen LogP contribution in [0.2, 0.25) is 0 Å². The second-order valence-electron chi connectivity index (χ2n) is 6.71. The second-order valence-corrected chi connectivity index (χ2v) is 6.71. The van der Waals surface area contributed by atoms with Gasteiger partial charge in [0.15, 0.2) is 0 Å². The van der Waals surface area contributed by atoms with Gasteiger partial charge in [-0.3, -0.25) is 0 Å². The summed E-state index contributed by atoms with van der Waals surface area (Å²) < 4.78 is 5.19. The highest BCUT2D eigenvalue weighted by Crippen LogP contribution is 2.47. The average molecular weight is 338 g/mol. The number of rotatable bonds is 7. The fourth-order valence-electron chi connectivity index (χ4n) is 3.23. The number of amides is 2. The Morgan fingerprint density at radius 1 is 1.12 bits per heavy atom. The van der Waals surface area contributed by atoms with Crippen LogP contribution in [0.1, 0.15) is 43.4 Å². The number of ether oxygens (including phenoxy) is 1. The molecule has 25 heavy (non-hydrogen) atoms. The Labute approximate surface area is 149 Å². The minimum Gasteiger partial charge on any atom is -0.497 e. The van der Waals surface area contributed by atoms with Crippen molar-refractivity contribution in [1.29, 1.82) is 0 Å². The molecule has 0 aliphatic heterocycles. The van der Waals surface area contributed by atoms with Gasteiger partial charge in [0, 0.05) is 12.0 Å². The van der Waals surface area contributed by atoms with Crippen molar-refractivity contribution in [2.24, 2.45) is 0 Å². The molecule has 0 bridgehead atoms. The third-order valence-electron chi connectivity index (χ3n) is 5.06. The Morgan fingerprint density at radius 2 is 1.80 bits per heavy atom. The minimum atomic E-state index is -0.107. The molecule has 132 valence electrons. The van der Waals surface area contributed by atoms with E-state index in [2.05, 4.69) is 41.8 Å². The molecule has 0 heterocycles. The third kappa shape index (κ3) is 4.13. The van der Waals surface area contributed by atoms with Crippen LogP contribution in [0.25, 0.3) is 0 Å². The second kappa shape index (κ2) is 7.60. The molecule has 1 atom stereocenters. The van der Waals surface area contributed by atoms with E-state index in [0.29, 0.717) is 6.54 Å². The molecule has 3 rings (SSSR count). The highest BCUT2D eigenvalue weighted by molar-refractivity contribution is 5.74. The van der Waals surface area contributed by atoms with Crippen molar-refractivity contribution < 1.29 is 9.53 Å². The fraction of sp³-hybridized carbons (Fsp3) is 0.381. The van der Waals surface area contributed by atoms with Crippen molar-refractivity contribution >= 4 is 6.03 Å². The summed E-state index contributed by atoms with van der Waals surface area (Å²) in [4.78, 5) is 12.4. The Morgan fingerprint density at radius 3 is 2.36 bits per heavy atom. The number of carbonyl (C=O) groups excluding carboxylic acids is 1. The van der Waals surface area contributed by atoms with Gasteiger partial charge < -0.3 is 15.4 Å². The van der Waals surface area contributed by atoms with E-state index in [1.54, 1.807) is 7.11 Å². The number of nitrogens with one attached hydrogen (secondary N) is 2. The van der Waals surface area contributed by atoms with E-state index in [1.807, 2.05) is 30.3 Å². The molecule has 0 spiro atoms. The minimum absolute atomic E-state index is 0.00205. The molecule has 2 N–H and O–H groups in total. The molecular formula is C21H26N2O2. The smallest absolute Gasteiger partial charge is 0.315 e. The standard InChI is InChI=1S/C21H26N2O2/c1-3-19(16-9-11-18(25-2)12-10-16)23-20(24)22-15-21(13-14-21)17-7-5-4-6-8-17/h4-12,19H,3,13-15H2,1-2H3,(H2,22,23,24). The lowest BCUT2D eigenvalue weighted by atomic mass is 9.96. The quantitative estimate of drug-likeness (QED) is 0.796. The van der Waals surface area contributed by atoms with Crippen LogP contribution in [0.3, 0.4) is 0 Å². The van der Waals surface area contributed by atoms with Crippen LogP contribution in [0.4, 0.5) is 4.79 Å². The molecule has 1 fully saturated rings. The summed E-state index contributed by atoms with van der Waals surface area (Å²) in [7, 11) is 1.65. The molecule has 2 amide bonds. The molecule has 0 aromatic heterocycles. The molecular weight excluding hydrogens is 312 g/mol. The number of hydrogen-bond acceptors (Lipinski definition) is 2. The molecule has 1 saturated carbocycles. The Hall–Kier alpha value is -2.49. The van der Waals surface area contributed by atoms with Gasteiger partial charge in [0.05, 0.1) is 13.2 Å². The van der Waals surface area contributed by atoms with Crippen molar-refractivity contribution in [3.63, 3.8) is 0 Å². The topological polar surface area (TPSA) is 50.4 Å². The van der Waals surface area contributed by atoms with Gasteiger partial charge in [-0.25, -0.2) is 4.79 Å². The van der Waals surface area contributed by atoms with Crippen LogP contribution >= 0.6 is 0 Å². The first-order valence-electron chi connectivity index (χ1n) is 8.91. The first-order chi connectivity index (χ1) is 12.2. The van der Waals surface area contributed by atoms with Gasteiger partial charge >= 0.3 is 6.03 Å². The number of urea groups is 1. The lowest BCUT2D eigenvalue weighted by molar-refractivity contribution is 0.235. The third-order valence-corrected chi connectivity index (χ3v) is 5.06. The predicted octanol–water partition coefficient (Wildman–Crippen LogP) is 4.18. The van der Waals surface area contributed by atoms with Gasteiger partial charge in [0.25, 0.3) is 0 Å². The van der Waals surface area contributed by atoms with Crippen molar-refractivity contribution in [3.8, 4) is 5.75 Å². The molecule has 0 saturated heterocycles. The summed E-state index contributed by atoms with van der Waals surface area (Å²) in [5.41, 5.74) is 2.53. The number of methoxy groups -OCH3 is 1. The summed E-state index contributed by atoms with van der Waals surface area (Å²) in [6.07, 6.45) is 3.10. The van der Waals surface area contributed by atoms with Gasteiger partial charge in [-0.05, 0) is 42.5 Å². The lowest BCUT2D eigenvalue weighted by Crippen LogP contribution is -2.41. The number of hydrogen-bond donors (Lipinski definition) is 2. The van der Waals surface area contributed by atoms with Crippen LogP contribution in [0.5, 0.6) is 5.75 Å². The molecule has 1 aliphatic rings. The van der Waals surface area contributed by atoms with E-state index in [4.69, 9.17) is 4.74 Å². The Bertz CT molecular complexity index is 694. The van der Waals surface area contributed by atoms with E-state index >= 15 is 0 Å². The van der Waals surface area contributed by atoms with Crippen LogP contribution < -0.4 is 15.4 Å². The summed E-state index contributed by atoms with van der Waals surface area (Å²) in [5, 5.41) is 6.15. The zero-order valence-electron chi connectivity index (χ0n) is 14.9. The highest BCUT2D eigenvalue weighted by Gasteiger charge is 2.44. The number of benzene rings is 2. The molecule has 1 aliphatic carbocycles. The normalized spacial score (nSPS) is 15.9. The van der Waals surface area contributed by atoms with Crippen molar-refractivity contribution in [1.82, 2.24) is 10.6 Å². The summed E-state index contributed by atoms with van der Waals surface area (Å²) in [5.74, 6) is 0.821. The summed E-state index contributed by atoms with van der Waals surface area (Å²) in [6.45, 7) is 2.75. The lowest BCUT2D eigenvalue weighted by Gasteiger charge is -2.21. The van der Waals surface area contributed by atoms with Gasteiger partial charge in [-0.1, -0.05) is 49.4 Å². The van der Waals surface area contributed by atoms with Crippen LogP contribution in [-0.2, 0) is 5.41 Å². The van der Waals surface area contributed by atoms with Gasteiger partial charge in [-0.2, -0.15) is 0 Å². The Balaban J connectivity index is 1.56. The van der Waals surface area contributed by atoms with E-state index < -0.39 is 0 Å². The maximum atomic E-state index is 12.4. The van der Waals surface area contributed by atoms with E-state index in [9.17, 15) is 4.79 Å². The molecule has 4 nitrogen and oxygen atoms in total. The molecule has 0 radical (unpaired) electrons. The van der Waals surface area contributed by atoms with E-state index in [0.717, 1.165) is 30.6 Å². The van der Waals surface area contributed by atoms with Crippen molar-refractivity contribution in [2.75, 3.05) is 13.7 Å². The number of carbonyl (C=O) groups is 1. The fourth-order valence-corrected chi connectivity index (χ4v) is 3.23. The Kier molecular flexibility index (Phi) is 5.27. The largest absolute Gasteiger partial charge is 0.497 e. The van der Waals surface area contributed by atoms with Gasteiger partial charge in [0.1, 0.15) is 5.75 Å². The first kappa shape index (κ1) is 17.3. The zero-order valence-corrected chi connectivity index (χ0v) is 14.9. The molecule has 2 aromatic rings. The molecule has 2 aromatic carbocycles. The van der Waals surface area contributed by atoms with Crippen molar-refractivity contribution in [2.45, 2.75) is 37.6 Å². The van der Waals surface area contributed by atoms with Crippen LogP contribution in [0.15, 0.2) is 54.6 Å². The van der Waals surface area contributed by atoms with Gasteiger partial charge in [0.2, 0.25) is 0 Å². The zero-order chi connectivity index (χ0) is 17.7.